The third kappa shape index (κ3) is 4.97. The first kappa shape index (κ1) is 18.2. The van der Waals surface area contributed by atoms with Crippen LogP contribution in [0.5, 0.6) is 5.75 Å². The molecule has 136 valence electrons. The number of rotatable bonds is 6. The zero-order chi connectivity index (χ0) is 18.4. The summed E-state index contributed by atoms with van der Waals surface area (Å²) in [6.07, 6.45) is 3.97. The fourth-order valence-corrected chi connectivity index (χ4v) is 2.78. The first-order valence-corrected chi connectivity index (χ1v) is 8.59. The summed E-state index contributed by atoms with van der Waals surface area (Å²) in [5.74, 6) is 0.911. The lowest BCUT2D eigenvalue weighted by Crippen LogP contribution is -2.61. The molecule has 0 bridgehead atoms. The van der Waals surface area contributed by atoms with E-state index in [4.69, 9.17) is 22.1 Å². The van der Waals surface area contributed by atoms with Crippen molar-refractivity contribution in [3.63, 3.8) is 0 Å². The Hall–Kier alpha value is -2.57. The highest BCUT2D eigenvalue weighted by atomic mass is 35.5. The largest absolute Gasteiger partial charge is 0.492 e. The molecule has 1 unspecified atom stereocenters. The molecule has 0 fully saturated rings. The van der Waals surface area contributed by atoms with Crippen LogP contribution in [0.4, 0.5) is 4.39 Å². The molecule has 4 N–H and O–H groups in total. The minimum Gasteiger partial charge on any atom is -0.492 e. The minimum absolute atomic E-state index is 0.0796. The molecule has 0 radical (unpaired) electrons. The lowest BCUT2D eigenvalue weighted by molar-refractivity contribution is 0.328. The minimum atomic E-state index is -0.842. The van der Waals surface area contributed by atoms with Crippen molar-refractivity contribution in [1.29, 1.82) is 0 Å². The number of nitrogens with one attached hydrogen (secondary N) is 2. The zero-order valence-electron chi connectivity index (χ0n) is 14.1. The summed E-state index contributed by atoms with van der Waals surface area (Å²) in [4.78, 5) is 4.42. The molecule has 7 heteroatoms. The Labute approximate surface area is 156 Å². The SMILES string of the molecule is NC1(Cc2ccc(F)c(Cl)c2)C=CNC(=NCCOc2ccccc2)N1. The van der Waals surface area contributed by atoms with Gasteiger partial charge in [0, 0.05) is 12.6 Å². The van der Waals surface area contributed by atoms with Crippen molar-refractivity contribution >= 4 is 17.6 Å². The number of benzene rings is 2. The van der Waals surface area contributed by atoms with Crippen molar-refractivity contribution in [3.8, 4) is 5.75 Å². The van der Waals surface area contributed by atoms with Crippen LogP contribution in [0, 0.1) is 5.82 Å². The zero-order valence-corrected chi connectivity index (χ0v) is 14.8. The summed E-state index contributed by atoms with van der Waals surface area (Å²) >= 11 is 5.84. The van der Waals surface area contributed by atoms with Crippen LogP contribution in [0.1, 0.15) is 5.56 Å². The maximum absolute atomic E-state index is 13.3. The number of nitrogens with two attached hydrogens (primary N) is 1. The Balaban J connectivity index is 1.56. The highest BCUT2D eigenvalue weighted by Gasteiger charge is 2.26. The van der Waals surface area contributed by atoms with Gasteiger partial charge in [-0.2, -0.15) is 0 Å². The average molecular weight is 375 g/mol. The Morgan fingerprint density at radius 1 is 1.19 bits per heavy atom. The van der Waals surface area contributed by atoms with E-state index in [1.165, 1.54) is 6.07 Å². The fraction of sp³-hybridized carbons (Fsp3) is 0.211. The first-order valence-electron chi connectivity index (χ1n) is 8.22. The highest BCUT2D eigenvalue weighted by molar-refractivity contribution is 6.30. The van der Waals surface area contributed by atoms with E-state index in [-0.39, 0.29) is 5.02 Å². The van der Waals surface area contributed by atoms with E-state index in [0.29, 0.717) is 25.5 Å². The average Bonchev–Trinajstić information content (AvgIpc) is 2.63. The quantitative estimate of drug-likeness (QED) is 0.680. The van der Waals surface area contributed by atoms with E-state index >= 15 is 0 Å². The van der Waals surface area contributed by atoms with Crippen molar-refractivity contribution < 1.29 is 9.13 Å². The lowest BCUT2D eigenvalue weighted by Gasteiger charge is -2.32. The van der Waals surface area contributed by atoms with Gasteiger partial charge in [0.25, 0.3) is 0 Å². The Bertz CT molecular complexity index is 812. The van der Waals surface area contributed by atoms with Crippen LogP contribution in [-0.4, -0.2) is 24.8 Å². The molecule has 26 heavy (non-hydrogen) atoms. The predicted molar refractivity (Wildman–Crippen MR) is 102 cm³/mol. The summed E-state index contributed by atoms with van der Waals surface area (Å²) < 4.78 is 18.9. The van der Waals surface area contributed by atoms with Crippen LogP contribution in [0.15, 0.2) is 65.8 Å². The molecule has 0 amide bonds. The number of para-hydroxylation sites is 1. The van der Waals surface area contributed by atoms with Crippen LogP contribution in [-0.2, 0) is 6.42 Å². The smallest absolute Gasteiger partial charge is 0.197 e. The second kappa shape index (κ2) is 8.21. The van der Waals surface area contributed by atoms with Gasteiger partial charge in [0.05, 0.1) is 11.6 Å². The third-order valence-corrected chi connectivity index (χ3v) is 4.10. The van der Waals surface area contributed by atoms with E-state index in [2.05, 4.69) is 15.6 Å². The Kier molecular flexibility index (Phi) is 5.75. The molecule has 0 saturated carbocycles. The highest BCUT2D eigenvalue weighted by Crippen LogP contribution is 2.19. The Morgan fingerprint density at radius 2 is 2.00 bits per heavy atom. The van der Waals surface area contributed by atoms with E-state index in [0.717, 1.165) is 11.3 Å². The number of hydrogen-bond donors (Lipinski definition) is 3. The summed E-state index contributed by atoms with van der Waals surface area (Å²) in [5, 5.41) is 6.24. The van der Waals surface area contributed by atoms with Crippen LogP contribution < -0.4 is 21.1 Å². The molecule has 0 aliphatic carbocycles. The second-order valence-electron chi connectivity index (χ2n) is 5.96. The van der Waals surface area contributed by atoms with Gasteiger partial charge in [-0.3, -0.25) is 0 Å². The number of aliphatic imine (C=N–C) groups is 1. The van der Waals surface area contributed by atoms with Gasteiger partial charge in [-0.05, 0) is 35.9 Å². The van der Waals surface area contributed by atoms with Gasteiger partial charge in [-0.15, -0.1) is 0 Å². The van der Waals surface area contributed by atoms with Crippen molar-refractivity contribution in [2.24, 2.45) is 10.7 Å². The molecule has 1 atom stereocenters. The molecule has 2 aromatic carbocycles. The number of nitrogens with zero attached hydrogens (tertiary/aromatic N) is 1. The molecule has 5 nitrogen and oxygen atoms in total. The van der Waals surface area contributed by atoms with Gasteiger partial charge in [-0.25, -0.2) is 9.38 Å². The number of hydrogen-bond acceptors (Lipinski definition) is 3. The van der Waals surface area contributed by atoms with E-state index in [1.54, 1.807) is 24.4 Å². The molecular formula is C19H20ClFN4O. The van der Waals surface area contributed by atoms with Crippen LogP contribution in [0.2, 0.25) is 5.02 Å². The van der Waals surface area contributed by atoms with Crippen LogP contribution in [0.3, 0.4) is 0 Å². The van der Waals surface area contributed by atoms with Gasteiger partial charge in [0.15, 0.2) is 5.96 Å². The second-order valence-corrected chi connectivity index (χ2v) is 6.37. The Morgan fingerprint density at radius 3 is 2.77 bits per heavy atom. The van der Waals surface area contributed by atoms with Gasteiger partial charge in [0.2, 0.25) is 0 Å². The van der Waals surface area contributed by atoms with Gasteiger partial charge in [-0.1, -0.05) is 35.9 Å². The summed E-state index contributed by atoms with van der Waals surface area (Å²) in [6.45, 7) is 0.919. The fourth-order valence-electron chi connectivity index (χ4n) is 2.58. The van der Waals surface area contributed by atoms with Crippen molar-refractivity contribution in [3.05, 3.63) is 77.2 Å². The topological polar surface area (TPSA) is 71.7 Å². The maximum atomic E-state index is 13.3. The molecule has 0 spiro atoms. The third-order valence-electron chi connectivity index (χ3n) is 3.81. The molecule has 1 aliphatic rings. The van der Waals surface area contributed by atoms with Gasteiger partial charge >= 0.3 is 0 Å². The van der Waals surface area contributed by atoms with E-state index in [1.807, 2.05) is 30.3 Å². The van der Waals surface area contributed by atoms with E-state index in [9.17, 15) is 4.39 Å². The van der Waals surface area contributed by atoms with Crippen LogP contribution in [0.25, 0.3) is 0 Å². The monoisotopic (exact) mass is 374 g/mol. The summed E-state index contributed by atoms with van der Waals surface area (Å²) in [5.41, 5.74) is 6.36. The molecule has 2 aromatic rings. The summed E-state index contributed by atoms with van der Waals surface area (Å²) in [7, 11) is 0. The standard InChI is InChI=1S/C19H20ClFN4O/c20-16-12-14(6-7-17(16)21)13-19(22)8-9-23-18(25-19)24-10-11-26-15-4-2-1-3-5-15/h1-9,12H,10-11,13,22H2,(H2,23,24,25). The van der Waals surface area contributed by atoms with Crippen molar-refractivity contribution in [2.45, 2.75) is 12.1 Å². The first-order chi connectivity index (χ1) is 12.5. The molecule has 0 aromatic heterocycles. The normalized spacial score (nSPS) is 20.5. The number of guanidine groups is 1. The predicted octanol–water partition coefficient (Wildman–Crippen LogP) is 2.82. The number of halogens is 2. The van der Waals surface area contributed by atoms with Crippen molar-refractivity contribution in [1.82, 2.24) is 10.6 Å². The van der Waals surface area contributed by atoms with Gasteiger partial charge < -0.3 is 21.1 Å². The molecular weight excluding hydrogens is 355 g/mol. The molecule has 3 rings (SSSR count). The molecule has 1 heterocycles. The van der Waals surface area contributed by atoms with E-state index < -0.39 is 11.5 Å². The van der Waals surface area contributed by atoms with Gasteiger partial charge in [0.1, 0.15) is 23.8 Å². The molecule has 1 aliphatic heterocycles. The van der Waals surface area contributed by atoms with Crippen molar-refractivity contribution in [2.75, 3.05) is 13.2 Å². The molecule has 0 saturated heterocycles. The number of ether oxygens (including phenoxy) is 1. The van der Waals surface area contributed by atoms with Crippen LogP contribution >= 0.6 is 11.6 Å². The maximum Gasteiger partial charge on any atom is 0.197 e. The lowest BCUT2D eigenvalue weighted by atomic mass is 9.99. The summed E-state index contributed by atoms with van der Waals surface area (Å²) in [6, 6.07) is 14.1.